The summed E-state index contributed by atoms with van der Waals surface area (Å²) >= 11 is 0. The number of nitrogens with one attached hydrogen (secondary N) is 1. The summed E-state index contributed by atoms with van der Waals surface area (Å²) in [5, 5.41) is 3.62. The van der Waals surface area contributed by atoms with E-state index in [2.05, 4.69) is 36.5 Å². The molecule has 0 amide bonds. The molecular formula is C16H21NO. The van der Waals surface area contributed by atoms with E-state index < -0.39 is 0 Å². The zero-order valence-electron chi connectivity index (χ0n) is 11.0. The predicted molar refractivity (Wildman–Crippen MR) is 73.3 cm³/mol. The fourth-order valence-corrected chi connectivity index (χ4v) is 3.00. The smallest absolute Gasteiger partial charge is 0.0725 e. The second-order valence-corrected chi connectivity index (χ2v) is 5.18. The number of ether oxygens (including phenoxy) is 1. The Morgan fingerprint density at radius 1 is 1.28 bits per heavy atom. The third-order valence-corrected chi connectivity index (χ3v) is 3.93. The topological polar surface area (TPSA) is 21.3 Å². The molecule has 2 aliphatic rings. The van der Waals surface area contributed by atoms with Crippen molar-refractivity contribution < 1.29 is 4.74 Å². The predicted octanol–water partition coefficient (Wildman–Crippen LogP) is 3.48. The van der Waals surface area contributed by atoms with E-state index >= 15 is 0 Å². The van der Waals surface area contributed by atoms with E-state index in [1.807, 2.05) is 0 Å². The van der Waals surface area contributed by atoms with Gasteiger partial charge in [0.1, 0.15) is 0 Å². The summed E-state index contributed by atoms with van der Waals surface area (Å²) in [4.78, 5) is 0. The Hall–Kier alpha value is -1.12. The Labute approximate surface area is 109 Å². The Morgan fingerprint density at radius 3 is 2.94 bits per heavy atom. The van der Waals surface area contributed by atoms with Crippen LogP contribution in [-0.2, 0) is 18.0 Å². The van der Waals surface area contributed by atoms with Crippen molar-refractivity contribution in [3.63, 3.8) is 0 Å². The van der Waals surface area contributed by atoms with Gasteiger partial charge in [-0.1, -0.05) is 36.8 Å². The maximum atomic E-state index is 5.50. The molecule has 0 saturated carbocycles. The summed E-state index contributed by atoms with van der Waals surface area (Å²) in [6, 6.07) is 7.23. The Kier molecular flexibility index (Phi) is 3.48. The first kappa shape index (κ1) is 11.9. The molecule has 1 atom stereocenters. The van der Waals surface area contributed by atoms with Crippen molar-refractivity contribution in [1.29, 1.82) is 0 Å². The van der Waals surface area contributed by atoms with Gasteiger partial charge in [0.2, 0.25) is 0 Å². The van der Waals surface area contributed by atoms with Gasteiger partial charge in [-0.15, -0.1) is 0 Å². The van der Waals surface area contributed by atoms with Crippen LogP contribution in [0.1, 0.15) is 48.9 Å². The molecular weight excluding hydrogens is 222 g/mol. The minimum Gasteiger partial charge on any atom is -0.372 e. The molecule has 96 valence electrons. The van der Waals surface area contributed by atoms with E-state index in [0.717, 1.165) is 19.8 Å². The Bertz CT molecular complexity index is 464. The van der Waals surface area contributed by atoms with Crippen LogP contribution in [0.2, 0.25) is 0 Å². The van der Waals surface area contributed by atoms with Crippen molar-refractivity contribution in [2.24, 2.45) is 0 Å². The maximum absolute atomic E-state index is 5.50. The minimum atomic E-state index is 0.406. The molecule has 2 heteroatoms. The molecule has 0 radical (unpaired) electrons. The second kappa shape index (κ2) is 5.25. The number of fused-ring (bicyclic) bond motifs is 1. The highest BCUT2D eigenvalue weighted by Crippen LogP contribution is 2.32. The summed E-state index contributed by atoms with van der Waals surface area (Å²) in [5.74, 6) is 0. The van der Waals surface area contributed by atoms with Gasteiger partial charge in [0, 0.05) is 0 Å². The largest absolute Gasteiger partial charge is 0.372 e. The van der Waals surface area contributed by atoms with Crippen molar-refractivity contribution in [2.75, 3.05) is 6.54 Å². The van der Waals surface area contributed by atoms with Crippen LogP contribution in [0.15, 0.2) is 29.8 Å². The molecule has 1 N–H and O–H groups in total. The van der Waals surface area contributed by atoms with E-state index in [-0.39, 0.29) is 0 Å². The fraction of sp³-hybridized carbons (Fsp3) is 0.500. The van der Waals surface area contributed by atoms with E-state index in [1.54, 1.807) is 5.57 Å². The molecule has 1 aromatic carbocycles. The van der Waals surface area contributed by atoms with Crippen molar-refractivity contribution in [3.8, 4) is 0 Å². The Morgan fingerprint density at radius 2 is 2.17 bits per heavy atom. The zero-order valence-corrected chi connectivity index (χ0v) is 11.0. The van der Waals surface area contributed by atoms with Gasteiger partial charge in [-0.25, -0.2) is 0 Å². The average molecular weight is 243 g/mol. The first-order valence-corrected chi connectivity index (χ1v) is 7.00. The van der Waals surface area contributed by atoms with E-state index in [0.29, 0.717) is 6.04 Å². The molecule has 0 aromatic heterocycles. The van der Waals surface area contributed by atoms with Crippen LogP contribution in [0.5, 0.6) is 0 Å². The quantitative estimate of drug-likeness (QED) is 0.817. The fourth-order valence-electron chi connectivity index (χ4n) is 3.00. The SMILES string of the molecule is CCNC(C1=CCCC1)c1ccc2c(c1)COC2. The van der Waals surface area contributed by atoms with Crippen molar-refractivity contribution in [3.05, 3.63) is 46.5 Å². The van der Waals surface area contributed by atoms with Crippen molar-refractivity contribution in [2.45, 2.75) is 45.4 Å². The minimum absolute atomic E-state index is 0.406. The third-order valence-electron chi connectivity index (χ3n) is 3.93. The summed E-state index contributed by atoms with van der Waals surface area (Å²) < 4.78 is 5.50. The second-order valence-electron chi connectivity index (χ2n) is 5.18. The van der Waals surface area contributed by atoms with E-state index in [1.165, 1.54) is 36.0 Å². The van der Waals surface area contributed by atoms with Crippen molar-refractivity contribution >= 4 is 0 Å². The first-order valence-electron chi connectivity index (χ1n) is 7.00. The molecule has 3 rings (SSSR count). The lowest BCUT2D eigenvalue weighted by atomic mass is 9.95. The van der Waals surface area contributed by atoms with Crippen LogP contribution >= 0.6 is 0 Å². The molecule has 0 spiro atoms. The highest BCUT2D eigenvalue weighted by molar-refractivity contribution is 5.38. The van der Waals surface area contributed by atoms with Crippen LogP contribution in [-0.4, -0.2) is 6.54 Å². The van der Waals surface area contributed by atoms with Gasteiger partial charge in [0.15, 0.2) is 0 Å². The van der Waals surface area contributed by atoms with Crippen molar-refractivity contribution in [1.82, 2.24) is 5.32 Å². The van der Waals surface area contributed by atoms with Gasteiger partial charge >= 0.3 is 0 Å². The molecule has 1 unspecified atom stereocenters. The molecule has 18 heavy (non-hydrogen) atoms. The highest BCUT2D eigenvalue weighted by Gasteiger charge is 2.20. The lowest BCUT2D eigenvalue weighted by Gasteiger charge is -2.20. The normalized spacial score (nSPS) is 19.7. The van der Waals surface area contributed by atoms with Crippen LogP contribution in [0.25, 0.3) is 0 Å². The highest BCUT2D eigenvalue weighted by atomic mass is 16.5. The lowest BCUT2D eigenvalue weighted by molar-refractivity contribution is 0.134. The number of rotatable bonds is 4. The summed E-state index contributed by atoms with van der Waals surface area (Å²) in [5.41, 5.74) is 5.69. The first-order chi connectivity index (χ1) is 8.88. The van der Waals surface area contributed by atoms with Crippen LogP contribution in [0.4, 0.5) is 0 Å². The number of allylic oxidation sites excluding steroid dienone is 1. The third kappa shape index (κ3) is 2.23. The van der Waals surface area contributed by atoms with Gasteiger partial charge in [0.05, 0.1) is 19.3 Å². The Balaban J connectivity index is 1.89. The molecule has 1 aromatic rings. The molecule has 0 saturated heterocycles. The van der Waals surface area contributed by atoms with Gasteiger partial charge in [-0.2, -0.15) is 0 Å². The summed E-state index contributed by atoms with van der Waals surface area (Å²) in [6.07, 6.45) is 6.21. The summed E-state index contributed by atoms with van der Waals surface area (Å²) in [7, 11) is 0. The molecule has 1 heterocycles. The number of benzene rings is 1. The molecule has 0 bridgehead atoms. The van der Waals surface area contributed by atoms with Gasteiger partial charge < -0.3 is 10.1 Å². The zero-order chi connectivity index (χ0) is 12.4. The van der Waals surface area contributed by atoms with Gasteiger partial charge in [-0.3, -0.25) is 0 Å². The molecule has 2 nitrogen and oxygen atoms in total. The van der Waals surface area contributed by atoms with Gasteiger partial charge in [-0.05, 0) is 42.5 Å². The monoisotopic (exact) mass is 243 g/mol. The number of likely N-dealkylation sites (N-methyl/N-ethyl adjacent to an activating group) is 1. The van der Waals surface area contributed by atoms with Gasteiger partial charge in [0.25, 0.3) is 0 Å². The van der Waals surface area contributed by atoms with Crippen LogP contribution in [0, 0.1) is 0 Å². The standard InChI is InChI=1S/C16H21NO/c1-2-17-16(12-5-3-4-6-12)13-7-8-14-10-18-11-15(14)9-13/h5,7-9,16-17H,2-4,6,10-11H2,1H3. The molecule has 1 aliphatic carbocycles. The van der Waals surface area contributed by atoms with Crippen LogP contribution < -0.4 is 5.32 Å². The average Bonchev–Trinajstić information content (AvgIpc) is 3.05. The molecule has 0 fully saturated rings. The van der Waals surface area contributed by atoms with E-state index in [9.17, 15) is 0 Å². The lowest BCUT2D eigenvalue weighted by Crippen LogP contribution is -2.22. The number of hydrogen-bond donors (Lipinski definition) is 1. The van der Waals surface area contributed by atoms with E-state index in [4.69, 9.17) is 4.74 Å². The summed E-state index contributed by atoms with van der Waals surface area (Å²) in [6.45, 7) is 4.75. The maximum Gasteiger partial charge on any atom is 0.0725 e. The van der Waals surface area contributed by atoms with Crippen LogP contribution in [0.3, 0.4) is 0 Å². The molecule has 1 aliphatic heterocycles. The number of hydrogen-bond acceptors (Lipinski definition) is 2.